The summed E-state index contributed by atoms with van der Waals surface area (Å²) in [4.78, 5) is 14.7. The zero-order chi connectivity index (χ0) is 40.9. The maximum atomic E-state index is 6.02. The number of aromatic nitrogens is 2. The number of piperidine rings is 2. The maximum absolute atomic E-state index is 6.02. The molecule has 4 aromatic carbocycles. The zero-order valence-corrected chi connectivity index (χ0v) is 36.3. The molecule has 4 heterocycles. The molecule has 58 heavy (non-hydrogen) atoms. The van der Waals surface area contributed by atoms with Crippen molar-refractivity contribution >= 4 is 79.4 Å². The first-order valence-electron chi connectivity index (χ1n) is 20.6. The number of halogens is 2. The molecule has 2 aliphatic heterocycles. The van der Waals surface area contributed by atoms with E-state index in [1.165, 1.54) is 22.1 Å². The van der Waals surface area contributed by atoms with Gasteiger partial charge in [-0.25, -0.2) is 9.97 Å². The van der Waals surface area contributed by atoms with Crippen molar-refractivity contribution in [1.82, 2.24) is 20.6 Å². The topological polar surface area (TPSA) is 80.4 Å². The number of fused-ring (bicyclic) bond motifs is 2. The number of pyridine rings is 2. The van der Waals surface area contributed by atoms with E-state index in [-0.39, 0.29) is 11.1 Å². The van der Waals surface area contributed by atoms with E-state index >= 15 is 0 Å². The first kappa shape index (κ1) is 41.6. The molecule has 8 nitrogen and oxygen atoms in total. The van der Waals surface area contributed by atoms with Crippen molar-refractivity contribution in [2.75, 3.05) is 46.6 Å². The summed E-state index contributed by atoms with van der Waals surface area (Å²) in [7, 11) is 0. The van der Waals surface area contributed by atoms with Gasteiger partial charge in [-0.15, -0.1) is 0 Å². The van der Waals surface area contributed by atoms with Gasteiger partial charge in [-0.3, -0.25) is 0 Å². The van der Waals surface area contributed by atoms with Crippen molar-refractivity contribution in [2.24, 2.45) is 0 Å². The van der Waals surface area contributed by atoms with Gasteiger partial charge in [0.15, 0.2) is 0 Å². The number of benzene rings is 4. The van der Waals surface area contributed by atoms with Crippen LogP contribution in [0.4, 0.5) is 34.4 Å². The van der Waals surface area contributed by atoms with Crippen LogP contribution < -0.4 is 31.1 Å². The molecule has 2 aromatic heterocycles. The summed E-state index contributed by atoms with van der Waals surface area (Å²) < 4.78 is 0. The predicted molar refractivity (Wildman–Crippen MR) is 249 cm³/mol. The van der Waals surface area contributed by atoms with Gasteiger partial charge in [-0.1, -0.05) is 59.6 Å². The summed E-state index contributed by atoms with van der Waals surface area (Å²) in [6.07, 6.45) is 4.59. The molecule has 304 valence electrons. The predicted octanol–water partition coefficient (Wildman–Crippen LogP) is 12.0. The molecule has 0 atom stereocenters. The van der Waals surface area contributed by atoms with Crippen LogP contribution in [-0.2, 0) is 0 Å². The van der Waals surface area contributed by atoms with Crippen molar-refractivity contribution in [3.8, 4) is 0 Å². The Morgan fingerprint density at radius 2 is 0.845 bits per heavy atom. The van der Waals surface area contributed by atoms with Crippen LogP contribution in [0, 0.1) is 0 Å². The molecule has 0 bridgehead atoms. The Bertz CT molecular complexity index is 2100. The zero-order valence-electron chi connectivity index (χ0n) is 34.7. The molecule has 0 spiro atoms. The van der Waals surface area contributed by atoms with Gasteiger partial charge < -0.3 is 31.1 Å². The molecule has 0 aliphatic carbocycles. The number of anilines is 6. The van der Waals surface area contributed by atoms with Gasteiger partial charge in [0.2, 0.25) is 0 Å². The first-order chi connectivity index (χ1) is 27.7. The van der Waals surface area contributed by atoms with Crippen LogP contribution in [0.1, 0.15) is 67.2 Å². The summed E-state index contributed by atoms with van der Waals surface area (Å²) in [5.74, 6) is 1.71. The average molecular weight is 818 g/mol. The van der Waals surface area contributed by atoms with E-state index in [0.717, 1.165) is 96.0 Å². The van der Waals surface area contributed by atoms with Crippen LogP contribution in [0.25, 0.3) is 21.8 Å². The summed E-state index contributed by atoms with van der Waals surface area (Å²) >= 11 is 12.0. The molecule has 6 aromatic rings. The van der Waals surface area contributed by atoms with E-state index in [0.29, 0.717) is 12.1 Å². The smallest absolute Gasteiger partial charge is 0.133 e. The fourth-order valence-electron chi connectivity index (χ4n) is 8.08. The lowest BCUT2D eigenvalue weighted by atomic mass is 9.99. The van der Waals surface area contributed by atoms with Gasteiger partial charge in [0.05, 0.1) is 11.0 Å². The molecule has 0 radical (unpaired) electrons. The second-order valence-corrected chi connectivity index (χ2v) is 18.5. The van der Waals surface area contributed by atoms with Crippen molar-refractivity contribution in [1.29, 1.82) is 0 Å². The second-order valence-electron chi connectivity index (χ2n) is 17.7. The summed E-state index contributed by atoms with van der Waals surface area (Å²) in [5, 5.41) is 18.2. The first-order valence-corrected chi connectivity index (χ1v) is 21.4. The lowest BCUT2D eigenvalue weighted by molar-refractivity contribution is 0.317. The summed E-state index contributed by atoms with van der Waals surface area (Å²) in [6, 6.07) is 37.7. The van der Waals surface area contributed by atoms with Gasteiger partial charge in [0, 0.05) is 105 Å². The lowest BCUT2D eigenvalue weighted by Crippen LogP contribution is -2.49. The van der Waals surface area contributed by atoms with Crippen LogP contribution in [0.2, 0.25) is 10.0 Å². The van der Waals surface area contributed by atoms with Crippen molar-refractivity contribution in [2.45, 2.75) is 90.4 Å². The van der Waals surface area contributed by atoms with E-state index in [4.69, 9.17) is 33.2 Å². The minimum Gasteiger partial charge on any atom is -0.371 e. The van der Waals surface area contributed by atoms with Crippen LogP contribution in [0.3, 0.4) is 0 Å². The Hall–Kier alpha value is -4.60. The average Bonchev–Trinajstić information content (AvgIpc) is 3.19. The molecule has 0 saturated carbocycles. The van der Waals surface area contributed by atoms with Gasteiger partial charge in [0.1, 0.15) is 11.6 Å². The van der Waals surface area contributed by atoms with Crippen LogP contribution in [-0.4, -0.2) is 59.3 Å². The second kappa shape index (κ2) is 18.1. The molecular weight excluding hydrogens is 759 g/mol. The Morgan fingerprint density at radius 1 is 0.500 bits per heavy atom. The highest BCUT2D eigenvalue weighted by Crippen LogP contribution is 2.34. The quantitative estimate of drug-likeness (QED) is 0.121. The molecule has 2 saturated heterocycles. The minimum atomic E-state index is 0.159. The van der Waals surface area contributed by atoms with Crippen molar-refractivity contribution in [3.63, 3.8) is 0 Å². The standard InChI is InChI=1S/2C24H29ClN4/c2*1-24(2,3)28-19-12-14-29(15-13-19)22-16-23(26-18-10-8-17(25)9-11-18)27-21-7-5-4-6-20(21)22/h2*4-11,16,19,28H,12-15H2,1-3H3,(H,26,27). The number of hydrogen-bond acceptors (Lipinski definition) is 8. The van der Waals surface area contributed by atoms with Crippen LogP contribution >= 0.6 is 23.2 Å². The Balaban J connectivity index is 0.000000177. The van der Waals surface area contributed by atoms with E-state index in [1.807, 2.05) is 60.7 Å². The molecule has 8 rings (SSSR count). The third kappa shape index (κ3) is 11.3. The molecular formula is C48H58Cl2N8. The monoisotopic (exact) mass is 816 g/mol. The third-order valence-electron chi connectivity index (χ3n) is 10.6. The highest BCUT2D eigenvalue weighted by atomic mass is 35.5. The van der Waals surface area contributed by atoms with Gasteiger partial charge in [0.25, 0.3) is 0 Å². The van der Waals surface area contributed by atoms with Gasteiger partial charge in [-0.05, 0) is 128 Å². The molecule has 0 unspecified atom stereocenters. The number of para-hydroxylation sites is 2. The Morgan fingerprint density at radius 3 is 1.19 bits per heavy atom. The summed E-state index contributed by atoms with van der Waals surface area (Å²) in [5.41, 5.74) is 6.81. The van der Waals surface area contributed by atoms with Crippen molar-refractivity contribution in [3.05, 3.63) is 119 Å². The van der Waals surface area contributed by atoms with E-state index < -0.39 is 0 Å². The molecule has 2 fully saturated rings. The van der Waals surface area contributed by atoms with Crippen LogP contribution in [0.5, 0.6) is 0 Å². The van der Waals surface area contributed by atoms with Gasteiger partial charge >= 0.3 is 0 Å². The Kier molecular flexibility index (Phi) is 13.0. The lowest BCUT2D eigenvalue weighted by Gasteiger charge is -2.37. The minimum absolute atomic E-state index is 0.159. The molecule has 2 aliphatic rings. The fourth-order valence-corrected chi connectivity index (χ4v) is 8.33. The molecule has 4 N–H and O–H groups in total. The van der Waals surface area contributed by atoms with Crippen molar-refractivity contribution < 1.29 is 0 Å². The third-order valence-corrected chi connectivity index (χ3v) is 11.1. The molecule has 10 heteroatoms. The number of rotatable bonds is 8. The molecule has 0 amide bonds. The highest BCUT2D eigenvalue weighted by molar-refractivity contribution is 6.31. The highest BCUT2D eigenvalue weighted by Gasteiger charge is 2.26. The maximum Gasteiger partial charge on any atom is 0.133 e. The number of nitrogens with one attached hydrogen (secondary N) is 4. The Labute approximate surface area is 354 Å². The number of nitrogens with zero attached hydrogens (tertiary/aromatic N) is 4. The van der Waals surface area contributed by atoms with Gasteiger partial charge in [-0.2, -0.15) is 0 Å². The summed E-state index contributed by atoms with van der Waals surface area (Å²) in [6.45, 7) is 17.6. The van der Waals surface area contributed by atoms with Crippen LogP contribution in [0.15, 0.2) is 109 Å². The fraction of sp³-hybridized carbons (Fsp3) is 0.375. The SMILES string of the molecule is CC(C)(C)NC1CCN(c2cc(Nc3ccc(Cl)cc3)nc3ccccc23)CC1.CC(C)(C)NC1CCN(c2cc(Nc3ccc(Cl)cc3)nc3ccccc23)CC1. The van der Waals surface area contributed by atoms with E-state index in [2.05, 4.69) is 121 Å². The van der Waals surface area contributed by atoms with E-state index in [1.54, 1.807) is 0 Å². The largest absolute Gasteiger partial charge is 0.371 e. The number of hydrogen-bond donors (Lipinski definition) is 4. The normalized spacial score (nSPS) is 15.7. The van der Waals surface area contributed by atoms with E-state index in [9.17, 15) is 0 Å².